The predicted octanol–water partition coefficient (Wildman–Crippen LogP) is 3.77. The van der Waals surface area contributed by atoms with E-state index in [1.807, 2.05) is 13.8 Å². The zero-order valence-corrected chi connectivity index (χ0v) is 19.0. The van der Waals surface area contributed by atoms with E-state index in [0.29, 0.717) is 12.8 Å². The molecule has 1 atom stereocenters. The Hall–Kier alpha value is -1.89. The first-order valence-corrected chi connectivity index (χ1v) is 12.9. The van der Waals surface area contributed by atoms with Gasteiger partial charge in [0, 0.05) is 30.6 Å². The highest BCUT2D eigenvalue weighted by molar-refractivity contribution is 7.91. The summed E-state index contributed by atoms with van der Waals surface area (Å²) >= 11 is 0. The molecule has 0 saturated heterocycles. The number of hydrogen-bond donors (Lipinski definition) is 1. The summed E-state index contributed by atoms with van der Waals surface area (Å²) in [5.41, 5.74) is 1.68. The molecule has 6 nitrogen and oxygen atoms in total. The Balaban J connectivity index is 1.61. The van der Waals surface area contributed by atoms with Crippen molar-refractivity contribution >= 4 is 27.3 Å². The van der Waals surface area contributed by atoms with Gasteiger partial charge in [-0.2, -0.15) is 0 Å². The van der Waals surface area contributed by atoms with E-state index in [1.165, 1.54) is 19.3 Å². The summed E-state index contributed by atoms with van der Waals surface area (Å²) in [6.45, 7) is 3.80. The standard InChI is InChI=1S/C23H34N2O4S/c1-3-23(27)25-17(2)15-18-16-20(11-12-21(18)25)30(28,29)14-13-22(26)24-19-9-7-5-4-6-8-10-19/h11-12,16-17,19H,3-10,13-15H2,1-2H3,(H,24,26). The smallest absolute Gasteiger partial charge is 0.226 e. The number of nitrogens with one attached hydrogen (secondary N) is 1. The van der Waals surface area contributed by atoms with Crippen molar-refractivity contribution in [1.29, 1.82) is 0 Å². The molecule has 1 aromatic carbocycles. The predicted molar refractivity (Wildman–Crippen MR) is 118 cm³/mol. The number of sulfone groups is 1. The second kappa shape index (κ2) is 9.94. The van der Waals surface area contributed by atoms with E-state index in [2.05, 4.69) is 5.32 Å². The minimum absolute atomic E-state index is 0.0211. The number of amides is 2. The van der Waals surface area contributed by atoms with Crippen molar-refractivity contribution in [2.75, 3.05) is 10.7 Å². The molecule has 0 spiro atoms. The third kappa shape index (κ3) is 5.42. The van der Waals surface area contributed by atoms with E-state index >= 15 is 0 Å². The number of fused-ring (bicyclic) bond motifs is 1. The summed E-state index contributed by atoms with van der Waals surface area (Å²) in [6.07, 6.45) is 8.92. The van der Waals surface area contributed by atoms with Crippen LogP contribution in [0.25, 0.3) is 0 Å². The van der Waals surface area contributed by atoms with E-state index in [4.69, 9.17) is 0 Å². The molecule has 2 amide bonds. The lowest BCUT2D eigenvalue weighted by atomic mass is 9.97. The van der Waals surface area contributed by atoms with Crippen molar-refractivity contribution < 1.29 is 18.0 Å². The second-order valence-electron chi connectivity index (χ2n) is 8.64. The highest BCUT2D eigenvalue weighted by Gasteiger charge is 2.31. The number of hydrogen-bond acceptors (Lipinski definition) is 4. The van der Waals surface area contributed by atoms with Crippen molar-refractivity contribution in [2.24, 2.45) is 0 Å². The van der Waals surface area contributed by atoms with Crippen LogP contribution in [0, 0.1) is 0 Å². The number of carbonyl (C=O) groups is 2. The quantitative estimate of drug-likeness (QED) is 0.739. The van der Waals surface area contributed by atoms with Crippen LogP contribution in [-0.2, 0) is 25.8 Å². The molecule has 1 heterocycles. The SMILES string of the molecule is CCC(=O)N1c2ccc(S(=O)(=O)CCC(=O)NC3CCCCCCC3)cc2CC1C. The third-order valence-corrected chi connectivity index (χ3v) is 7.98. The zero-order chi connectivity index (χ0) is 21.7. The van der Waals surface area contributed by atoms with Gasteiger partial charge in [-0.15, -0.1) is 0 Å². The van der Waals surface area contributed by atoms with Crippen LogP contribution in [0.3, 0.4) is 0 Å². The number of benzene rings is 1. The topological polar surface area (TPSA) is 83.6 Å². The van der Waals surface area contributed by atoms with Crippen LogP contribution in [-0.4, -0.2) is 38.1 Å². The van der Waals surface area contributed by atoms with Gasteiger partial charge < -0.3 is 10.2 Å². The molecule has 1 N–H and O–H groups in total. The van der Waals surface area contributed by atoms with Crippen LogP contribution in [0.2, 0.25) is 0 Å². The normalized spacial score (nSPS) is 20.3. The maximum Gasteiger partial charge on any atom is 0.226 e. The van der Waals surface area contributed by atoms with Crippen molar-refractivity contribution in [3.63, 3.8) is 0 Å². The van der Waals surface area contributed by atoms with Gasteiger partial charge in [0.05, 0.1) is 10.6 Å². The summed E-state index contributed by atoms with van der Waals surface area (Å²) in [5.74, 6) is -0.335. The largest absolute Gasteiger partial charge is 0.353 e. The molecule has 1 aliphatic heterocycles. The lowest BCUT2D eigenvalue weighted by Crippen LogP contribution is -2.36. The Bertz CT molecular complexity index is 873. The van der Waals surface area contributed by atoms with Crippen LogP contribution in [0.15, 0.2) is 23.1 Å². The summed E-state index contributed by atoms with van der Waals surface area (Å²) < 4.78 is 25.6. The van der Waals surface area contributed by atoms with Gasteiger partial charge in [-0.25, -0.2) is 8.42 Å². The molecule has 0 radical (unpaired) electrons. The van der Waals surface area contributed by atoms with E-state index < -0.39 is 9.84 Å². The monoisotopic (exact) mass is 434 g/mol. The molecule has 166 valence electrons. The van der Waals surface area contributed by atoms with E-state index in [0.717, 1.165) is 36.9 Å². The molecule has 1 fully saturated rings. The van der Waals surface area contributed by atoms with Gasteiger partial charge in [-0.3, -0.25) is 9.59 Å². The average Bonchev–Trinajstić information content (AvgIpc) is 3.02. The van der Waals surface area contributed by atoms with Gasteiger partial charge in [0.25, 0.3) is 0 Å². The third-order valence-electron chi connectivity index (χ3n) is 6.26. The molecule has 30 heavy (non-hydrogen) atoms. The fraction of sp³-hybridized carbons (Fsp3) is 0.652. The van der Waals surface area contributed by atoms with Crippen LogP contribution < -0.4 is 10.2 Å². The van der Waals surface area contributed by atoms with Crippen LogP contribution in [0.1, 0.15) is 77.2 Å². The minimum Gasteiger partial charge on any atom is -0.353 e. The second-order valence-corrected chi connectivity index (χ2v) is 10.7. The van der Waals surface area contributed by atoms with Gasteiger partial charge in [-0.1, -0.05) is 39.0 Å². The molecular formula is C23H34N2O4S. The molecule has 0 aromatic heterocycles. The molecule has 1 saturated carbocycles. The molecule has 1 aromatic rings. The Morgan fingerprint density at radius 2 is 1.77 bits per heavy atom. The van der Waals surface area contributed by atoms with Gasteiger partial charge in [-0.05, 0) is 49.9 Å². The minimum atomic E-state index is -3.56. The number of rotatable bonds is 6. The Morgan fingerprint density at radius 3 is 2.43 bits per heavy atom. The number of carbonyl (C=O) groups excluding carboxylic acids is 2. The molecule has 2 aliphatic rings. The maximum atomic E-state index is 12.8. The first kappa shape index (κ1) is 22.8. The fourth-order valence-electron chi connectivity index (χ4n) is 4.60. The summed E-state index contributed by atoms with van der Waals surface area (Å²) in [4.78, 5) is 26.6. The highest BCUT2D eigenvalue weighted by atomic mass is 32.2. The van der Waals surface area contributed by atoms with Crippen LogP contribution in [0.5, 0.6) is 0 Å². The van der Waals surface area contributed by atoms with Crippen molar-refractivity contribution in [2.45, 2.75) is 95.0 Å². The molecule has 3 rings (SSSR count). The Morgan fingerprint density at radius 1 is 1.10 bits per heavy atom. The first-order chi connectivity index (χ1) is 14.3. The highest BCUT2D eigenvalue weighted by Crippen LogP contribution is 2.34. The maximum absolute atomic E-state index is 12.8. The van der Waals surface area contributed by atoms with Crippen molar-refractivity contribution in [3.8, 4) is 0 Å². The van der Waals surface area contributed by atoms with Crippen molar-refractivity contribution in [1.82, 2.24) is 5.32 Å². The lowest BCUT2D eigenvalue weighted by Gasteiger charge is -2.22. The zero-order valence-electron chi connectivity index (χ0n) is 18.2. The number of nitrogens with zero attached hydrogens (tertiary/aromatic N) is 1. The summed E-state index contributed by atoms with van der Waals surface area (Å²) in [5, 5.41) is 3.04. The average molecular weight is 435 g/mol. The van der Waals surface area contributed by atoms with Crippen LogP contribution >= 0.6 is 0 Å². The Labute approximate surface area is 180 Å². The first-order valence-electron chi connectivity index (χ1n) is 11.3. The van der Waals surface area contributed by atoms with E-state index in [1.54, 1.807) is 23.1 Å². The van der Waals surface area contributed by atoms with Gasteiger partial charge in [0.2, 0.25) is 11.8 Å². The summed E-state index contributed by atoms with van der Waals surface area (Å²) in [7, 11) is -3.56. The molecule has 7 heteroatoms. The van der Waals surface area contributed by atoms with Crippen molar-refractivity contribution in [3.05, 3.63) is 23.8 Å². The molecule has 1 unspecified atom stereocenters. The Kier molecular flexibility index (Phi) is 7.55. The molecular weight excluding hydrogens is 400 g/mol. The van der Waals surface area contributed by atoms with Gasteiger partial charge >= 0.3 is 0 Å². The summed E-state index contributed by atoms with van der Waals surface area (Å²) in [6, 6.07) is 5.17. The number of anilines is 1. The molecule has 1 aliphatic carbocycles. The van der Waals surface area contributed by atoms with Crippen LogP contribution in [0.4, 0.5) is 5.69 Å². The molecule has 0 bridgehead atoms. The van der Waals surface area contributed by atoms with E-state index in [9.17, 15) is 18.0 Å². The fourth-order valence-corrected chi connectivity index (χ4v) is 5.88. The van der Waals surface area contributed by atoms with E-state index in [-0.39, 0.29) is 41.0 Å². The van der Waals surface area contributed by atoms with Gasteiger partial charge in [0.1, 0.15) is 0 Å². The lowest BCUT2D eigenvalue weighted by molar-refractivity contribution is -0.121. The van der Waals surface area contributed by atoms with Gasteiger partial charge in [0.15, 0.2) is 9.84 Å².